The van der Waals surface area contributed by atoms with Gasteiger partial charge in [0.2, 0.25) is 11.8 Å². The van der Waals surface area contributed by atoms with Crippen LogP contribution in [0.3, 0.4) is 0 Å². The maximum Gasteiger partial charge on any atom is 0.360 e. The number of methoxy groups -OCH3 is 1. The lowest BCUT2D eigenvalue weighted by molar-refractivity contribution is -0.130. The van der Waals surface area contributed by atoms with E-state index in [1.54, 1.807) is 4.90 Å². The minimum Gasteiger partial charge on any atom is -0.464 e. The van der Waals surface area contributed by atoms with Crippen LogP contribution in [0.1, 0.15) is 36.6 Å². The first kappa shape index (κ1) is 16.2. The highest BCUT2D eigenvalue weighted by Gasteiger charge is 2.16. The summed E-state index contributed by atoms with van der Waals surface area (Å²) in [6.45, 7) is 5.42. The molecular weight excluding hydrogens is 264 g/mol. The quantitative estimate of drug-likeness (QED) is 0.527. The van der Waals surface area contributed by atoms with E-state index in [2.05, 4.69) is 9.72 Å². The highest BCUT2D eigenvalue weighted by atomic mass is 16.5. The lowest BCUT2D eigenvalue weighted by Crippen LogP contribution is -2.30. The van der Waals surface area contributed by atoms with E-state index in [1.165, 1.54) is 20.3 Å². The topological polar surface area (TPSA) is 81.9 Å². The van der Waals surface area contributed by atoms with Crippen molar-refractivity contribution in [1.29, 1.82) is 0 Å². The second kappa shape index (κ2) is 8.31. The van der Waals surface area contributed by atoms with Crippen LogP contribution >= 0.6 is 0 Å². The Balaban J connectivity index is 2.54. The monoisotopic (exact) mass is 284 g/mol. The number of amides is 1. The van der Waals surface area contributed by atoms with E-state index in [4.69, 9.17) is 9.15 Å². The van der Waals surface area contributed by atoms with Crippen molar-refractivity contribution in [3.05, 3.63) is 17.8 Å². The molecule has 1 rings (SSSR count). The fraction of sp³-hybridized carbons (Fsp3) is 0.615. The van der Waals surface area contributed by atoms with Gasteiger partial charge in [-0.05, 0) is 13.3 Å². The van der Waals surface area contributed by atoms with Crippen molar-refractivity contribution in [3.8, 4) is 0 Å². The average molecular weight is 284 g/mol. The van der Waals surface area contributed by atoms with E-state index in [0.717, 1.165) is 6.42 Å². The van der Waals surface area contributed by atoms with Gasteiger partial charge >= 0.3 is 5.97 Å². The number of ether oxygens (including phenoxy) is 2. The first-order chi connectivity index (χ1) is 9.58. The zero-order chi connectivity index (χ0) is 15.0. The third-order valence-corrected chi connectivity index (χ3v) is 2.64. The molecule has 0 bridgehead atoms. The summed E-state index contributed by atoms with van der Waals surface area (Å²) in [5.41, 5.74) is 0.0975. The predicted molar refractivity (Wildman–Crippen MR) is 70.0 cm³/mol. The van der Waals surface area contributed by atoms with Gasteiger partial charge in [-0.3, -0.25) is 4.79 Å². The number of rotatable bonds is 8. The molecule has 0 atom stereocenters. The van der Waals surface area contributed by atoms with Crippen LogP contribution in [0.5, 0.6) is 0 Å². The highest BCUT2D eigenvalue weighted by Crippen LogP contribution is 2.08. The summed E-state index contributed by atoms with van der Waals surface area (Å²) in [6, 6.07) is 0. The molecule has 1 amide bonds. The van der Waals surface area contributed by atoms with E-state index in [1.807, 2.05) is 6.92 Å². The van der Waals surface area contributed by atoms with Crippen LogP contribution in [0.15, 0.2) is 10.7 Å². The molecule has 0 fully saturated rings. The fourth-order valence-electron chi connectivity index (χ4n) is 1.59. The summed E-state index contributed by atoms with van der Waals surface area (Å²) in [6.07, 6.45) is 1.96. The lowest BCUT2D eigenvalue weighted by Gasteiger charge is -2.18. The summed E-state index contributed by atoms with van der Waals surface area (Å²) in [5.74, 6) is -0.345. The van der Waals surface area contributed by atoms with E-state index in [0.29, 0.717) is 25.6 Å². The van der Waals surface area contributed by atoms with Gasteiger partial charge in [-0.2, -0.15) is 0 Å². The van der Waals surface area contributed by atoms with Crippen molar-refractivity contribution < 1.29 is 23.5 Å². The summed E-state index contributed by atoms with van der Waals surface area (Å²) >= 11 is 0. The Kier molecular flexibility index (Phi) is 6.72. The molecule has 0 N–H and O–H groups in total. The second-order valence-corrected chi connectivity index (χ2v) is 4.11. The molecular formula is C13H20N2O5. The van der Waals surface area contributed by atoms with Crippen molar-refractivity contribution in [2.45, 2.75) is 26.8 Å². The molecule has 0 aliphatic rings. The molecule has 0 aromatic carbocycles. The number of hydrogen-bond acceptors (Lipinski definition) is 6. The maximum absolute atomic E-state index is 11.5. The molecule has 0 saturated heterocycles. The molecule has 0 aliphatic heterocycles. The molecule has 112 valence electrons. The molecule has 0 radical (unpaired) electrons. The van der Waals surface area contributed by atoms with Crippen LogP contribution in [-0.2, 0) is 20.8 Å². The maximum atomic E-state index is 11.5. The number of nitrogens with zero attached hydrogens (tertiary/aromatic N) is 2. The first-order valence-electron chi connectivity index (χ1n) is 6.44. The highest BCUT2D eigenvalue weighted by molar-refractivity contribution is 5.86. The van der Waals surface area contributed by atoms with Gasteiger partial charge in [-0.1, -0.05) is 0 Å². The molecule has 7 heteroatoms. The molecule has 0 aliphatic carbocycles. The SMILES string of the molecule is CCOCCCN(Cc1nc(C(=O)OC)co1)C(C)=O. The van der Waals surface area contributed by atoms with Gasteiger partial charge in [0.15, 0.2) is 5.69 Å². The van der Waals surface area contributed by atoms with Crippen molar-refractivity contribution in [2.24, 2.45) is 0 Å². The minimum atomic E-state index is -0.564. The fourth-order valence-corrected chi connectivity index (χ4v) is 1.59. The van der Waals surface area contributed by atoms with Crippen molar-refractivity contribution >= 4 is 11.9 Å². The third-order valence-electron chi connectivity index (χ3n) is 2.64. The zero-order valence-corrected chi connectivity index (χ0v) is 12.0. The number of esters is 1. The van der Waals surface area contributed by atoms with Crippen LogP contribution in [0.4, 0.5) is 0 Å². The van der Waals surface area contributed by atoms with Crippen molar-refractivity contribution in [1.82, 2.24) is 9.88 Å². The van der Waals surface area contributed by atoms with Crippen molar-refractivity contribution in [3.63, 3.8) is 0 Å². The normalized spacial score (nSPS) is 10.3. The summed E-state index contributed by atoms with van der Waals surface area (Å²) < 4.78 is 14.9. The van der Waals surface area contributed by atoms with E-state index in [9.17, 15) is 9.59 Å². The van der Waals surface area contributed by atoms with E-state index < -0.39 is 5.97 Å². The van der Waals surface area contributed by atoms with Gasteiger partial charge < -0.3 is 18.8 Å². The Bertz CT molecular complexity index is 444. The molecule has 0 spiro atoms. The Morgan fingerprint density at radius 1 is 1.45 bits per heavy atom. The molecule has 1 aromatic rings. The van der Waals surface area contributed by atoms with Crippen LogP contribution in [0, 0.1) is 0 Å². The molecule has 0 unspecified atom stereocenters. The largest absolute Gasteiger partial charge is 0.464 e. The molecule has 1 aromatic heterocycles. The Hall–Kier alpha value is -1.89. The van der Waals surface area contributed by atoms with Crippen LogP contribution in [-0.4, -0.2) is 48.6 Å². The van der Waals surface area contributed by atoms with Gasteiger partial charge in [0.05, 0.1) is 13.7 Å². The Morgan fingerprint density at radius 3 is 2.80 bits per heavy atom. The van der Waals surface area contributed by atoms with Crippen molar-refractivity contribution in [2.75, 3.05) is 26.9 Å². The smallest absolute Gasteiger partial charge is 0.360 e. The number of hydrogen-bond donors (Lipinski definition) is 0. The number of aromatic nitrogens is 1. The summed E-state index contributed by atoms with van der Waals surface area (Å²) in [5, 5.41) is 0. The zero-order valence-electron chi connectivity index (χ0n) is 12.0. The van der Waals surface area contributed by atoms with Gasteiger partial charge in [-0.15, -0.1) is 0 Å². The summed E-state index contributed by atoms with van der Waals surface area (Å²) in [7, 11) is 1.27. The van der Waals surface area contributed by atoms with Crippen LogP contribution < -0.4 is 0 Å². The number of oxazole rings is 1. The Morgan fingerprint density at radius 2 is 2.20 bits per heavy atom. The van der Waals surface area contributed by atoms with Crippen LogP contribution in [0.2, 0.25) is 0 Å². The van der Waals surface area contributed by atoms with Gasteiger partial charge in [0.1, 0.15) is 6.26 Å². The standard InChI is InChI=1S/C13H20N2O5/c1-4-19-7-5-6-15(10(2)16)8-12-14-11(9-20-12)13(17)18-3/h9H,4-8H2,1-3H3. The number of carbonyl (C=O) groups excluding carboxylic acids is 2. The minimum absolute atomic E-state index is 0.0840. The van der Waals surface area contributed by atoms with E-state index >= 15 is 0 Å². The molecule has 20 heavy (non-hydrogen) atoms. The third kappa shape index (κ3) is 5.00. The Labute approximate surface area is 117 Å². The van der Waals surface area contributed by atoms with Gasteiger partial charge in [0.25, 0.3) is 0 Å². The lowest BCUT2D eigenvalue weighted by atomic mass is 10.3. The second-order valence-electron chi connectivity index (χ2n) is 4.11. The molecule has 7 nitrogen and oxygen atoms in total. The van der Waals surface area contributed by atoms with Gasteiger partial charge in [-0.25, -0.2) is 9.78 Å². The molecule has 0 saturated carbocycles. The predicted octanol–water partition coefficient (Wildman–Crippen LogP) is 1.24. The summed E-state index contributed by atoms with van der Waals surface area (Å²) in [4.78, 5) is 28.4. The number of carbonyl (C=O) groups is 2. The van der Waals surface area contributed by atoms with E-state index in [-0.39, 0.29) is 18.1 Å². The molecule has 1 heterocycles. The van der Waals surface area contributed by atoms with Gasteiger partial charge in [0, 0.05) is 26.7 Å². The average Bonchev–Trinajstić information content (AvgIpc) is 2.89. The van der Waals surface area contributed by atoms with Crippen LogP contribution in [0.25, 0.3) is 0 Å². The first-order valence-corrected chi connectivity index (χ1v) is 6.44.